The van der Waals surface area contributed by atoms with Crippen LogP contribution in [0.1, 0.15) is 170 Å². The summed E-state index contributed by atoms with van der Waals surface area (Å²) in [6.07, 6.45) is -8.54. The van der Waals surface area contributed by atoms with Crippen LogP contribution in [0.2, 0.25) is 0 Å². The highest BCUT2D eigenvalue weighted by atomic mass is 16.7. The average Bonchev–Trinajstić information content (AvgIpc) is 0.924. The molecule has 4 N–H and O–H groups in total. The molecule has 96 heavy (non-hydrogen) atoms. The molecular formula is C66H96N8O22. The minimum absolute atomic E-state index is 0.166. The van der Waals surface area contributed by atoms with Crippen LogP contribution >= 0.6 is 0 Å². The van der Waals surface area contributed by atoms with Gasteiger partial charge in [-0.2, -0.15) is 0 Å². The van der Waals surface area contributed by atoms with Crippen molar-refractivity contribution in [3.8, 4) is 0 Å². The third-order valence-electron chi connectivity index (χ3n) is 21.4. The number of carbonyl (C=O) groups excluding carboxylic acids is 14. The third kappa shape index (κ3) is 17.1. The monoisotopic (exact) mass is 1350 g/mol. The second-order valence-corrected chi connectivity index (χ2v) is 28.0. The molecule has 0 aromatic rings. The molecule has 16 bridgehead atoms. The molecule has 0 unspecified atom stereocenters. The van der Waals surface area contributed by atoms with Gasteiger partial charge in [0.05, 0.1) is 0 Å². The lowest BCUT2D eigenvalue weighted by molar-refractivity contribution is -0.250. The lowest BCUT2D eigenvalue weighted by atomic mass is 9.84. The van der Waals surface area contributed by atoms with Crippen LogP contribution in [0, 0.1) is 35.5 Å². The number of nitrogens with zero attached hydrogens (tertiary/aromatic N) is 4. The Kier molecular flexibility index (Phi) is 23.8. The first-order valence-electron chi connectivity index (χ1n) is 34.1. The summed E-state index contributed by atoms with van der Waals surface area (Å²) in [5, 5.41) is 11.9. The highest BCUT2D eigenvalue weighted by Crippen LogP contribution is 2.40. The molecule has 9 aliphatic rings. The van der Waals surface area contributed by atoms with Gasteiger partial charge in [0.2, 0.25) is 35.4 Å². The summed E-state index contributed by atoms with van der Waals surface area (Å²) in [6.45, 7) is 6.47. The van der Waals surface area contributed by atoms with Gasteiger partial charge in [0, 0.05) is 141 Å². The van der Waals surface area contributed by atoms with E-state index in [0.29, 0.717) is 103 Å². The van der Waals surface area contributed by atoms with Crippen LogP contribution in [-0.4, -0.2) is 228 Å². The van der Waals surface area contributed by atoms with Gasteiger partial charge in [-0.3, -0.25) is 67.1 Å². The summed E-state index contributed by atoms with van der Waals surface area (Å²) in [7, 11) is 6.35. The molecule has 9 fully saturated rings. The molecule has 0 aromatic heterocycles. The van der Waals surface area contributed by atoms with E-state index in [-0.39, 0.29) is 61.4 Å². The number of carbonyl (C=O) groups is 14. The third-order valence-corrected chi connectivity index (χ3v) is 21.4. The molecule has 30 nitrogen and oxygen atoms in total. The Morgan fingerprint density at radius 3 is 0.865 bits per heavy atom. The number of esters is 6. The molecule has 532 valence electrons. The fourth-order valence-corrected chi connectivity index (χ4v) is 16.4. The first kappa shape index (κ1) is 72.8. The summed E-state index contributed by atoms with van der Waals surface area (Å²) in [5.41, 5.74) is 0. The van der Waals surface area contributed by atoms with Crippen LogP contribution in [0.3, 0.4) is 0 Å². The van der Waals surface area contributed by atoms with Crippen LogP contribution in [0.5, 0.6) is 0 Å². The normalized spacial score (nSPS) is 37.6. The van der Waals surface area contributed by atoms with E-state index in [4.69, 9.17) is 37.9 Å². The van der Waals surface area contributed by atoms with Gasteiger partial charge in [0.15, 0.2) is 61.3 Å². The van der Waals surface area contributed by atoms with Crippen LogP contribution in [-0.2, 0) is 105 Å². The molecule has 30 heteroatoms. The highest BCUT2D eigenvalue weighted by molar-refractivity contribution is 5.87. The van der Waals surface area contributed by atoms with E-state index in [2.05, 4.69) is 21.3 Å². The number of hydrogen-bond acceptors (Lipinski definition) is 22. The van der Waals surface area contributed by atoms with Crippen LogP contribution in [0.25, 0.3) is 0 Å². The Morgan fingerprint density at radius 1 is 0.312 bits per heavy atom. The topological polar surface area (TPSA) is 374 Å². The van der Waals surface area contributed by atoms with Crippen molar-refractivity contribution in [3.05, 3.63) is 0 Å². The largest absolute Gasteiger partial charge is 0.455 e. The summed E-state index contributed by atoms with van der Waals surface area (Å²) >= 11 is 0. The van der Waals surface area contributed by atoms with Gasteiger partial charge in [0.1, 0.15) is 0 Å². The molecular weight excluding hydrogens is 1260 g/mol. The molecule has 0 aromatic carbocycles. The predicted octanol–water partition coefficient (Wildman–Crippen LogP) is 1.13. The number of ether oxygens (including phenoxy) is 8. The van der Waals surface area contributed by atoms with Crippen molar-refractivity contribution in [3.63, 3.8) is 0 Å². The standard InChI is InChI=1S/C66H96N8O22/c1-31(75)89-49-51(91-33(3)77)55-65(87)73(9)47-23-17-37(27-47)57(81)67-43-15-12-14-42(26-43)64(86)72(8)46-22-20-40(30-46)60(84)70-62-54(94-36(6)80)50(90-32(2)76)52(92-34(4)78)56(96-62)66(88)74(10)48-24-18-38(28-48)58(82)68-44-16-11-13-41(25-44)63(85)71(7)45-21-19-39(29-45)59(83)69-61(95-55)53(49)93-35(5)79/h37-56,61-62H,11-30H2,1-10H3,(H,67,81)(H,68,82)(H,69,83)(H,70,84)/t37-,38-,39-,40-,41+,42+,43-,44-,45+,46+,47+,48+,49-,50-,51-,52-,53+,54+,55-,56-,61+,62+/m0/s1. The maximum Gasteiger partial charge on any atom is 0.303 e. The van der Waals surface area contributed by atoms with E-state index in [1.807, 2.05) is 0 Å². The highest BCUT2D eigenvalue weighted by Gasteiger charge is 2.58. The lowest BCUT2D eigenvalue weighted by Gasteiger charge is -2.45. The minimum Gasteiger partial charge on any atom is -0.455 e. The smallest absolute Gasteiger partial charge is 0.303 e. The Labute approximate surface area is 558 Å². The quantitative estimate of drug-likeness (QED) is 0.214. The Morgan fingerprint density at radius 2 is 0.573 bits per heavy atom. The van der Waals surface area contributed by atoms with E-state index in [9.17, 15) is 67.1 Å². The maximum absolute atomic E-state index is 14.9. The molecule has 6 aliphatic carbocycles. The van der Waals surface area contributed by atoms with E-state index < -0.39 is 180 Å². The van der Waals surface area contributed by atoms with Crippen molar-refractivity contribution in [2.24, 2.45) is 35.5 Å². The van der Waals surface area contributed by atoms with Crippen molar-refractivity contribution in [1.82, 2.24) is 40.9 Å². The van der Waals surface area contributed by atoms with Crippen LogP contribution in [0.15, 0.2) is 0 Å². The Balaban J connectivity index is 0.967. The average molecular weight is 1350 g/mol. The number of hydrogen-bond donors (Lipinski definition) is 4. The second-order valence-electron chi connectivity index (χ2n) is 28.0. The zero-order valence-corrected chi connectivity index (χ0v) is 56.6. The van der Waals surface area contributed by atoms with Gasteiger partial charge in [-0.1, -0.05) is 12.8 Å². The summed E-state index contributed by atoms with van der Waals surface area (Å²) in [4.78, 5) is 199. The lowest BCUT2D eigenvalue weighted by Crippen LogP contribution is -2.68. The number of likely N-dealkylation sites (N-methyl/N-ethyl adjacent to an activating group) is 2. The Hall–Kier alpha value is -7.50. The second kappa shape index (κ2) is 31.4. The number of fused-ring (bicyclic) bond motifs is 16. The van der Waals surface area contributed by atoms with Crippen molar-refractivity contribution >= 4 is 83.1 Å². The van der Waals surface area contributed by atoms with E-state index in [1.165, 1.54) is 23.9 Å². The van der Waals surface area contributed by atoms with E-state index >= 15 is 0 Å². The number of rotatable bonds is 6. The fourth-order valence-electron chi connectivity index (χ4n) is 16.4. The molecule has 6 saturated carbocycles. The Bertz CT molecular complexity index is 2810. The van der Waals surface area contributed by atoms with Crippen molar-refractivity contribution in [2.45, 2.75) is 267 Å². The molecule has 3 saturated heterocycles. The zero-order valence-electron chi connectivity index (χ0n) is 56.6. The van der Waals surface area contributed by atoms with E-state index in [0.717, 1.165) is 41.5 Å². The van der Waals surface area contributed by atoms with Gasteiger partial charge < -0.3 is 78.8 Å². The predicted molar refractivity (Wildman–Crippen MR) is 330 cm³/mol. The van der Waals surface area contributed by atoms with Gasteiger partial charge in [-0.05, 0) is 116 Å². The summed E-state index contributed by atoms with van der Waals surface area (Å²) in [5.74, 6) is -12.3. The minimum atomic E-state index is -1.73. The summed E-state index contributed by atoms with van der Waals surface area (Å²) < 4.78 is 46.8. The molecule has 8 amide bonds. The van der Waals surface area contributed by atoms with Gasteiger partial charge in [-0.15, -0.1) is 0 Å². The molecule has 22 atom stereocenters. The SMILES string of the molecule is CC(=O)O[C@@H]1[C@@H](OC(C)=O)[C@@H]2NC(=O)[C@H]3CC[C@H](C3)N(C)C(=O)[C@@H]3CCC[C@@H](C3)NC(=O)[C@H]3CC[C@H](C3)N(C)C(=O)[C@H]3O[C@@H](NC(=O)[C@H]4CC[C@H](C4)N(C)C(=O)[C@@H]4CCC[C@@H](C4)NC(=O)[C@H]4CC[C@H](C4)N(C)C(=O)[C@@H](O2)[C@H]1OC(C)=O)[C@H](OC(C)=O)[C@@H](OC(C)=O)[C@@H]3OC(C)=O. The molecule has 0 spiro atoms. The molecule has 0 radical (unpaired) electrons. The first-order valence-corrected chi connectivity index (χ1v) is 34.1. The molecule has 3 aliphatic heterocycles. The first-order chi connectivity index (χ1) is 45.5. The zero-order chi connectivity index (χ0) is 69.7. The van der Waals surface area contributed by atoms with Crippen molar-refractivity contribution < 1.29 is 105 Å². The van der Waals surface area contributed by atoms with E-state index in [1.54, 1.807) is 23.9 Å². The fraction of sp³-hybridized carbons (Fsp3) is 0.788. The van der Waals surface area contributed by atoms with Crippen molar-refractivity contribution in [2.75, 3.05) is 28.2 Å². The summed E-state index contributed by atoms with van der Waals surface area (Å²) in [6, 6.07) is -2.63. The van der Waals surface area contributed by atoms with Gasteiger partial charge in [0.25, 0.3) is 11.8 Å². The van der Waals surface area contributed by atoms with Gasteiger partial charge in [-0.25, -0.2) is 0 Å². The maximum atomic E-state index is 14.9. The molecule has 3 heterocycles. The molecule has 9 rings (SSSR count). The number of amides is 8. The van der Waals surface area contributed by atoms with Crippen molar-refractivity contribution in [1.29, 1.82) is 0 Å². The van der Waals surface area contributed by atoms with Gasteiger partial charge >= 0.3 is 35.8 Å². The van der Waals surface area contributed by atoms with Crippen LogP contribution in [0.4, 0.5) is 0 Å². The number of nitrogens with one attached hydrogen (secondary N) is 4. The van der Waals surface area contributed by atoms with Crippen LogP contribution < -0.4 is 21.3 Å².